The summed E-state index contributed by atoms with van der Waals surface area (Å²) in [6.45, 7) is 3.28. The van der Waals surface area contributed by atoms with Gasteiger partial charge in [-0.2, -0.15) is 0 Å². The predicted molar refractivity (Wildman–Crippen MR) is 127 cm³/mol. The number of aryl methyl sites for hydroxylation is 1. The summed E-state index contributed by atoms with van der Waals surface area (Å²) in [5.74, 6) is -0.887. The van der Waals surface area contributed by atoms with Gasteiger partial charge in [-0.15, -0.1) is 0 Å². The monoisotopic (exact) mass is 446 g/mol. The summed E-state index contributed by atoms with van der Waals surface area (Å²) >= 11 is 0. The van der Waals surface area contributed by atoms with Gasteiger partial charge in [0.05, 0.1) is 0 Å². The van der Waals surface area contributed by atoms with Gasteiger partial charge in [0.15, 0.2) is 0 Å². The first-order chi connectivity index (χ1) is 16.0. The minimum absolute atomic E-state index is 0.00993. The molecule has 0 saturated heterocycles. The second-order valence-electron chi connectivity index (χ2n) is 8.56. The Morgan fingerprint density at radius 3 is 2.36 bits per heavy atom. The summed E-state index contributed by atoms with van der Waals surface area (Å²) in [6, 6.07) is 18.1. The highest BCUT2D eigenvalue weighted by Crippen LogP contribution is 2.44. The van der Waals surface area contributed by atoms with Crippen LogP contribution in [-0.2, 0) is 22.5 Å². The molecule has 2 aromatic carbocycles. The van der Waals surface area contributed by atoms with Crippen LogP contribution in [0.5, 0.6) is 0 Å². The van der Waals surface area contributed by atoms with Gasteiger partial charge in [0.2, 0.25) is 0 Å². The van der Waals surface area contributed by atoms with Gasteiger partial charge in [-0.1, -0.05) is 55.5 Å². The number of benzene rings is 2. The summed E-state index contributed by atoms with van der Waals surface area (Å²) in [4.78, 5) is 23.8. The summed E-state index contributed by atoms with van der Waals surface area (Å²) in [6.07, 6.45) is 5.49. The molecule has 3 aromatic rings. The zero-order valence-electron chi connectivity index (χ0n) is 18.9. The first-order valence-corrected chi connectivity index (χ1v) is 11.5. The van der Waals surface area contributed by atoms with E-state index in [-0.39, 0.29) is 25.0 Å². The molecule has 33 heavy (non-hydrogen) atoms. The minimum Gasteiger partial charge on any atom is -0.481 e. The van der Waals surface area contributed by atoms with E-state index < -0.39 is 12.1 Å². The van der Waals surface area contributed by atoms with E-state index in [1.165, 1.54) is 11.1 Å². The topological polar surface area (TPSA) is 80.6 Å². The molecule has 2 N–H and O–H groups in total. The molecule has 1 amide bonds. The predicted octanol–water partition coefficient (Wildman–Crippen LogP) is 5.21. The van der Waals surface area contributed by atoms with Crippen LogP contribution in [0.25, 0.3) is 11.1 Å². The van der Waals surface area contributed by atoms with Gasteiger partial charge < -0.3 is 19.7 Å². The first-order valence-electron chi connectivity index (χ1n) is 11.5. The molecule has 6 nitrogen and oxygen atoms in total. The molecular formula is C27H30N2O4. The van der Waals surface area contributed by atoms with Crippen molar-refractivity contribution < 1.29 is 19.4 Å². The highest BCUT2D eigenvalue weighted by Gasteiger charge is 2.29. The number of carbonyl (C=O) groups excluding carboxylic acids is 1. The molecule has 0 saturated carbocycles. The van der Waals surface area contributed by atoms with Gasteiger partial charge in [-0.3, -0.25) is 4.79 Å². The molecule has 0 fully saturated rings. The lowest BCUT2D eigenvalue weighted by Crippen LogP contribution is -2.37. The summed E-state index contributed by atoms with van der Waals surface area (Å²) in [5, 5.41) is 12.0. The molecule has 1 atom stereocenters. The van der Waals surface area contributed by atoms with Crippen LogP contribution in [0.2, 0.25) is 0 Å². The Bertz CT molecular complexity index is 1080. The summed E-state index contributed by atoms with van der Waals surface area (Å²) in [5.41, 5.74) is 5.74. The van der Waals surface area contributed by atoms with E-state index in [4.69, 9.17) is 9.84 Å². The maximum Gasteiger partial charge on any atom is 0.407 e. The van der Waals surface area contributed by atoms with Gasteiger partial charge in [-0.25, -0.2) is 4.79 Å². The molecule has 0 spiro atoms. The highest BCUT2D eigenvalue weighted by molar-refractivity contribution is 5.79. The van der Waals surface area contributed by atoms with Crippen molar-refractivity contribution in [2.75, 3.05) is 6.61 Å². The SMILES string of the molecule is CCCn1ccc(CC(CCC(=O)O)NC(=O)OCC2c3ccccc3-c3ccccc32)c1. The standard InChI is InChI=1S/C27H30N2O4/c1-2-14-29-15-13-19(17-29)16-20(11-12-26(30)31)28-27(32)33-18-25-23-9-5-3-7-21(23)22-8-4-6-10-24(22)25/h3-10,13,15,17,20,25H,2,11-12,14,16,18H2,1H3,(H,28,32)(H,30,31). The highest BCUT2D eigenvalue weighted by atomic mass is 16.5. The Morgan fingerprint density at radius 1 is 1.06 bits per heavy atom. The van der Waals surface area contributed by atoms with Crippen LogP contribution in [0.3, 0.4) is 0 Å². The maximum atomic E-state index is 12.7. The lowest BCUT2D eigenvalue weighted by molar-refractivity contribution is -0.137. The molecule has 1 aromatic heterocycles. The molecule has 172 valence electrons. The quantitative estimate of drug-likeness (QED) is 0.448. The normalized spacial score (nSPS) is 13.2. The molecule has 4 rings (SSSR count). The van der Waals surface area contributed by atoms with Crippen molar-refractivity contribution in [3.05, 3.63) is 83.7 Å². The lowest BCUT2D eigenvalue weighted by atomic mass is 9.98. The zero-order valence-corrected chi connectivity index (χ0v) is 18.9. The van der Waals surface area contributed by atoms with Crippen LogP contribution in [0.15, 0.2) is 67.0 Å². The fourth-order valence-corrected chi connectivity index (χ4v) is 4.62. The first kappa shape index (κ1) is 22.6. The Labute approximate surface area is 194 Å². The molecule has 0 aliphatic heterocycles. The molecule has 6 heteroatoms. The molecule has 0 bridgehead atoms. The van der Waals surface area contributed by atoms with E-state index in [2.05, 4.69) is 47.3 Å². The Balaban J connectivity index is 1.40. The number of amides is 1. The minimum atomic E-state index is -0.877. The van der Waals surface area contributed by atoms with Crippen LogP contribution in [0.1, 0.15) is 48.8 Å². The molecule has 1 aliphatic carbocycles. The second-order valence-corrected chi connectivity index (χ2v) is 8.56. The number of alkyl carbamates (subject to hydrolysis) is 1. The number of carboxylic acid groups (broad SMARTS) is 1. The van der Waals surface area contributed by atoms with Crippen molar-refractivity contribution >= 4 is 12.1 Å². The third-order valence-corrected chi connectivity index (χ3v) is 6.15. The van der Waals surface area contributed by atoms with Crippen molar-refractivity contribution in [2.45, 2.75) is 51.1 Å². The Kier molecular flexibility index (Phi) is 7.13. The van der Waals surface area contributed by atoms with E-state index in [1.54, 1.807) is 0 Å². The van der Waals surface area contributed by atoms with Gasteiger partial charge in [0.25, 0.3) is 0 Å². The average molecular weight is 447 g/mol. The number of aliphatic carboxylic acids is 1. The number of carboxylic acids is 1. The van der Waals surface area contributed by atoms with Gasteiger partial charge in [-0.05, 0) is 53.1 Å². The van der Waals surface area contributed by atoms with Crippen molar-refractivity contribution in [2.24, 2.45) is 0 Å². The average Bonchev–Trinajstić information content (AvgIpc) is 3.38. The number of ether oxygens (including phenoxy) is 1. The molecule has 0 radical (unpaired) electrons. The Morgan fingerprint density at radius 2 is 1.73 bits per heavy atom. The number of carbonyl (C=O) groups is 2. The van der Waals surface area contributed by atoms with Crippen LogP contribution in [0.4, 0.5) is 4.79 Å². The molecule has 1 aliphatic rings. The van der Waals surface area contributed by atoms with E-state index in [0.717, 1.165) is 29.7 Å². The van der Waals surface area contributed by atoms with Crippen LogP contribution < -0.4 is 5.32 Å². The fourth-order valence-electron chi connectivity index (χ4n) is 4.62. The maximum absolute atomic E-state index is 12.7. The van der Waals surface area contributed by atoms with E-state index in [0.29, 0.717) is 12.8 Å². The van der Waals surface area contributed by atoms with Crippen molar-refractivity contribution in [3.8, 4) is 11.1 Å². The largest absolute Gasteiger partial charge is 0.481 e. The van der Waals surface area contributed by atoms with Gasteiger partial charge >= 0.3 is 12.1 Å². The number of nitrogens with zero attached hydrogens (tertiary/aromatic N) is 1. The third-order valence-electron chi connectivity index (χ3n) is 6.15. The molecule has 1 heterocycles. The number of hydrogen-bond acceptors (Lipinski definition) is 3. The van der Waals surface area contributed by atoms with E-state index in [9.17, 15) is 9.59 Å². The number of nitrogens with one attached hydrogen (secondary N) is 1. The van der Waals surface area contributed by atoms with E-state index in [1.807, 2.05) is 36.5 Å². The Hall–Kier alpha value is -3.54. The molecule has 1 unspecified atom stereocenters. The van der Waals surface area contributed by atoms with Crippen LogP contribution >= 0.6 is 0 Å². The van der Waals surface area contributed by atoms with Gasteiger partial charge in [0, 0.05) is 37.3 Å². The number of rotatable bonds is 10. The van der Waals surface area contributed by atoms with E-state index >= 15 is 0 Å². The van der Waals surface area contributed by atoms with Crippen molar-refractivity contribution in [3.63, 3.8) is 0 Å². The molecular weight excluding hydrogens is 416 g/mol. The second kappa shape index (κ2) is 10.4. The van der Waals surface area contributed by atoms with Crippen LogP contribution in [0, 0.1) is 0 Å². The smallest absolute Gasteiger partial charge is 0.407 e. The van der Waals surface area contributed by atoms with Crippen molar-refractivity contribution in [1.82, 2.24) is 9.88 Å². The van der Waals surface area contributed by atoms with Gasteiger partial charge in [0.1, 0.15) is 6.61 Å². The summed E-state index contributed by atoms with van der Waals surface area (Å²) < 4.78 is 7.76. The number of aromatic nitrogens is 1. The third kappa shape index (κ3) is 5.45. The van der Waals surface area contributed by atoms with Crippen LogP contribution in [-0.4, -0.2) is 34.4 Å². The fraction of sp³-hybridized carbons (Fsp3) is 0.333. The lowest BCUT2D eigenvalue weighted by Gasteiger charge is -2.19. The zero-order chi connectivity index (χ0) is 23.2. The summed E-state index contributed by atoms with van der Waals surface area (Å²) in [7, 11) is 0. The number of hydrogen-bond donors (Lipinski definition) is 2. The number of fused-ring (bicyclic) bond motifs is 3. The van der Waals surface area contributed by atoms with Crippen molar-refractivity contribution in [1.29, 1.82) is 0 Å².